The van der Waals surface area contributed by atoms with Crippen LogP contribution in [0.2, 0.25) is 0 Å². The third-order valence-corrected chi connectivity index (χ3v) is 3.38. The topological polar surface area (TPSA) is 66.0 Å². The van der Waals surface area contributed by atoms with Gasteiger partial charge in [0.1, 0.15) is 18.6 Å². The van der Waals surface area contributed by atoms with Crippen molar-refractivity contribution in [3.8, 4) is 0 Å². The first-order valence-electron chi connectivity index (χ1n) is 7.55. The molecule has 0 amide bonds. The van der Waals surface area contributed by atoms with Crippen LogP contribution < -0.4 is 5.32 Å². The molecule has 6 heteroatoms. The second-order valence-corrected chi connectivity index (χ2v) is 6.02. The van der Waals surface area contributed by atoms with Crippen LogP contribution in [0.4, 0.5) is 0 Å². The van der Waals surface area contributed by atoms with E-state index in [-0.39, 0.29) is 24.4 Å². The van der Waals surface area contributed by atoms with E-state index in [4.69, 9.17) is 18.9 Å². The average molecular weight is 303 g/mol. The number of hydrogen-bond donors (Lipinski definition) is 1. The third-order valence-electron chi connectivity index (χ3n) is 3.38. The number of methoxy groups -OCH3 is 2. The molecule has 1 aliphatic heterocycles. The molecule has 21 heavy (non-hydrogen) atoms. The van der Waals surface area contributed by atoms with Gasteiger partial charge < -0.3 is 18.9 Å². The molecule has 0 unspecified atom stereocenters. The molecule has 1 saturated heterocycles. The maximum absolute atomic E-state index is 12.0. The maximum atomic E-state index is 12.0. The summed E-state index contributed by atoms with van der Waals surface area (Å²) < 4.78 is 22.1. The predicted molar refractivity (Wildman–Crippen MR) is 78.7 cm³/mol. The van der Waals surface area contributed by atoms with Crippen LogP contribution in [0.3, 0.4) is 0 Å². The summed E-state index contributed by atoms with van der Waals surface area (Å²) in [5.41, 5.74) is 0. The van der Waals surface area contributed by atoms with Crippen molar-refractivity contribution in [1.82, 2.24) is 5.32 Å². The van der Waals surface area contributed by atoms with Gasteiger partial charge in [0.25, 0.3) is 0 Å². The average Bonchev–Trinajstić information content (AvgIpc) is 2.73. The second-order valence-electron chi connectivity index (χ2n) is 6.02. The van der Waals surface area contributed by atoms with Crippen molar-refractivity contribution in [2.45, 2.75) is 71.3 Å². The van der Waals surface area contributed by atoms with Gasteiger partial charge in [0.2, 0.25) is 0 Å². The highest BCUT2D eigenvalue weighted by atomic mass is 16.6. The van der Waals surface area contributed by atoms with Crippen molar-refractivity contribution in [3.63, 3.8) is 0 Å². The van der Waals surface area contributed by atoms with Crippen LogP contribution in [0.1, 0.15) is 40.5 Å². The van der Waals surface area contributed by atoms with Gasteiger partial charge in [0.05, 0.1) is 6.10 Å². The zero-order valence-corrected chi connectivity index (χ0v) is 13.9. The Hall–Kier alpha value is -0.690. The first-order valence-corrected chi connectivity index (χ1v) is 7.55. The number of carbonyl (C=O) groups excluding carboxylic acids is 1. The van der Waals surface area contributed by atoms with Gasteiger partial charge in [0, 0.05) is 20.6 Å². The number of hydrogen-bond acceptors (Lipinski definition) is 6. The van der Waals surface area contributed by atoms with Gasteiger partial charge in [-0.25, -0.2) is 0 Å². The van der Waals surface area contributed by atoms with Crippen LogP contribution in [-0.4, -0.2) is 51.0 Å². The summed E-state index contributed by atoms with van der Waals surface area (Å²) in [6.45, 7) is 8.02. The van der Waals surface area contributed by atoms with Gasteiger partial charge in [-0.3, -0.25) is 10.1 Å². The molecule has 1 rings (SSSR count). The van der Waals surface area contributed by atoms with E-state index in [1.54, 1.807) is 14.2 Å². The third kappa shape index (κ3) is 5.54. The number of nitrogens with one attached hydrogen (secondary N) is 1. The van der Waals surface area contributed by atoms with E-state index in [2.05, 4.69) is 19.2 Å². The fraction of sp³-hybridized carbons (Fsp3) is 0.933. The molecule has 0 radical (unpaired) electrons. The quantitative estimate of drug-likeness (QED) is 0.688. The fourth-order valence-electron chi connectivity index (χ4n) is 2.31. The molecular formula is C15H29NO5. The molecule has 1 N–H and O–H groups in total. The Labute approximate surface area is 127 Å². The molecule has 0 aromatic heterocycles. The zero-order chi connectivity index (χ0) is 16.0. The van der Waals surface area contributed by atoms with Gasteiger partial charge in [-0.15, -0.1) is 0 Å². The van der Waals surface area contributed by atoms with E-state index in [1.165, 1.54) is 0 Å². The minimum atomic E-state index is -0.512. The second kappa shape index (κ2) is 8.68. The molecule has 0 spiro atoms. The highest BCUT2D eigenvalue weighted by Crippen LogP contribution is 2.24. The lowest BCUT2D eigenvalue weighted by molar-refractivity contribution is -0.170. The van der Waals surface area contributed by atoms with E-state index in [0.717, 1.165) is 6.42 Å². The van der Waals surface area contributed by atoms with E-state index in [0.29, 0.717) is 12.3 Å². The zero-order valence-electron chi connectivity index (χ0n) is 13.9. The van der Waals surface area contributed by atoms with Crippen LogP contribution in [-0.2, 0) is 23.7 Å². The minimum absolute atomic E-state index is 0.00178. The normalized spacial score (nSPS) is 29.3. The molecule has 0 saturated carbocycles. The van der Waals surface area contributed by atoms with Gasteiger partial charge in [-0.05, 0) is 26.2 Å². The van der Waals surface area contributed by atoms with Gasteiger partial charge in [-0.2, -0.15) is 0 Å². The summed E-state index contributed by atoms with van der Waals surface area (Å²) in [4.78, 5) is 12.0. The van der Waals surface area contributed by atoms with Crippen molar-refractivity contribution in [3.05, 3.63) is 0 Å². The van der Waals surface area contributed by atoms with E-state index in [1.807, 2.05) is 13.8 Å². The molecule has 0 aromatic carbocycles. The Morgan fingerprint density at radius 2 is 1.62 bits per heavy atom. The lowest BCUT2D eigenvalue weighted by atomic mass is 10.1. The summed E-state index contributed by atoms with van der Waals surface area (Å²) in [7, 11) is 3.15. The largest absolute Gasteiger partial charge is 0.455 e. The van der Waals surface area contributed by atoms with E-state index < -0.39 is 12.3 Å². The lowest BCUT2D eigenvalue weighted by Crippen LogP contribution is -2.41. The lowest BCUT2D eigenvalue weighted by Gasteiger charge is -2.26. The summed E-state index contributed by atoms with van der Waals surface area (Å²) in [5.74, 6) is 0.235. The monoisotopic (exact) mass is 303 g/mol. The van der Waals surface area contributed by atoms with E-state index >= 15 is 0 Å². The smallest absolute Gasteiger partial charge is 0.306 e. The molecule has 1 heterocycles. The number of ether oxygens (including phenoxy) is 4. The fourth-order valence-corrected chi connectivity index (χ4v) is 2.31. The number of carbonyl (C=O) groups is 1. The Bertz CT molecular complexity index is 321. The van der Waals surface area contributed by atoms with Crippen molar-refractivity contribution in [2.24, 2.45) is 5.92 Å². The first-order chi connectivity index (χ1) is 9.88. The molecule has 0 bridgehead atoms. The highest BCUT2D eigenvalue weighted by molar-refractivity contribution is 5.69. The standard InChI is InChI=1S/C15H29NO5/c1-9(2)7-8-11(17)21-13-12(20-10(3)4)14(18-5)16-15(13)19-6/h9-10,12-16H,7-8H2,1-6H3/t12-,13+,14+,15-/m1/s1. The predicted octanol–water partition coefficient (Wildman–Crippen LogP) is 1.68. The van der Waals surface area contributed by atoms with Crippen LogP contribution in [0, 0.1) is 5.92 Å². The molecule has 6 nitrogen and oxygen atoms in total. The van der Waals surface area contributed by atoms with Crippen molar-refractivity contribution >= 4 is 5.97 Å². The Kier molecular flexibility index (Phi) is 7.59. The molecule has 1 aliphatic rings. The molecule has 124 valence electrons. The molecule has 1 fully saturated rings. The van der Waals surface area contributed by atoms with Crippen LogP contribution in [0.25, 0.3) is 0 Å². The molecular weight excluding hydrogens is 274 g/mol. The first kappa shape index (κ1) is 18.4. The molecule has 4 atom stereocenters. The van der Waals surface area contributed by atoms with Crippen molar-refractivity contribution < 1.29 is 23.7 Å². The minimum Gasteiger partial charge on any atom is -0.455 e. The highest BCUT2D eigenvalue weighted by Gasteiger charge is 2.47. The van der Waals surface area contributed by atoms with Gasteiger partial charge in [-0.1, -0.05) is 13.8 Å². The van der Waals surface area contributed by atoms with Crippen molar-refractivity contribution in [1.29, 1.82) is 0 Å². The van der Waals surface area contributed by atoms with Crippen LogP contribution in [0.5, 0.6) is 0 Å². The number of rotatable bonds is 8. The molecule has 0 aromatic rings. The number of esters is 1. The van der Waals surface area contributed by atoms with Crippen molar-refractivity contribution in [2.75, 3.05) is 14.2 Å². The van der Waals surface area contributed by atoms with Gasteiger partial charge >= 0.3 is 5.97 Å². The summed E-state index contributed by atoms with van der Waals surface area (Å²) in [6.07, 6.45) is -0.481. The van der Waals surface area contributed by atoms with E-state index in [9.17, 15) is 4.79 Å². The summed E-state index contributed by atoms with van der Waals surface area (Å²) >= 11 is 0. The van der Waals surface area contributed by atoms with Crippen LogP contribution >= 0.6 is 0 Å². The van der Waals surface area contributed by atoms with Gasteiger partial charge in [0.15, 0.2) is 6.10 Å². The Morgan fingerprint density at radius 1 is 1.05 bits per heavy atom. The Morgan fingerprint density at radius 3 is 2.10 bits per heavy atom. The summed E-state index contributed by atoms with van der Waals surface area (Å²) in [6, 6.07) is 0. The Balaban J connectivity index is 2.69. The maximum Gasteiger partial charge on any atom is 0.306 e. The summed E-state index contributed by atoms with van der Waals surface area (Å²) in [5, 5.41) is 3.12. The van der Waals surface area contributed by atoms with Crippen LogP contribution in [0.15, 0.2) is 0 Å². The SMILES string of the molecule is CO[C@H]1N[C@@H](OC)[C@H](OC(C)C)[C@@H]1OC(=O)CCC(C)C. The molecule has 0 aliphatic carbocycles.